The highest BCUT2D eigenvalue weighted by Gasteiger charge is 2.12. The molecule has 0 saturated carbocycles. The number of halogens is 1. The van der Waals surface area contributed by atoms with Crippen LogP contribution in [-0.2, 0) is 6.54 Å². The first-order valence-corrected chi connectivity index (χ1v) is 7.12. The van der Waals surface area contributed by atoms with Gasteiger partial charge < -0.3 is 4.74 Å². The molecule has 0 spiro atoms. The summed E-state index contributed by atoms with van der Waals surface area (Å²) in [6.45, 7) is 0.639. The molecule has 0 atom stereocenters. The summed E-state index contributed by atoms with van der Waals surface area (Å²) >= 11 is 5.89. The highest BCUT2D eigenvalue weighted by molar-refractivity contribution is 6.30. The van der Waals surface area contributed by atoms with Crippen LogP contribution in [0.2, 0.25) is 5.02 Å². The van der Waals surface area contributed by atoms with Crippen molar-refractivity contribution in [1.29, 1.82) is 0 Å². The summed E-state index contributed by atoms with van der Waals surface area (Å²) in [5, 5.41) is 4.43. The van der Waals surface area contributed by atoms with Crippen LogP contribution in [0.5, 0.6) is 5.75 Å². The van der Waals surface area contributed by atoms with Gasteiger partial charge in [0.25, 0.3) is 0 Å². The number of benzene rings is 2. The van der Waals surface area contributed by atoms with Gasteiger partial charge in [0.2, 0.25) is 0 Å². The molecule has 0 unspecified atom stereocenters. The zero-order valence-electron chi connectivity index (χ0n) is 11.6. The molecule has 2 aromatic carbocycles. The quantitative estimate of drug-likeness (QED) is 0.725. The maximum absolute atomic E-state index is 11.8. The average molecular weight is 317 g/mol. The Balaban J connectivity index is 1.73. The van der Waals surface area contributed by atoms with Gasteiger partial charge in [0.05, 0.1) is 6.54 Å². The summed E-state index contributed by atoms with van der Waals surface area (Å²) in [6.07, 6.45) is 0. The van der Waals surface area contributed by atoms with Crippen LogP contribution in [-0.4, -0.2) is 16.3 Å². The van der Waals surface area contributed by atoms with E-state index in [1.54, 1.807) is 24.3 Å². The first kappa shape index (κ1) is 14.4. The Kier molecular flexibility index (Phi) is 4.25. The van der Waals surface area contributed by atoms with Gasteiger partial charge in [-0.2, -0.15) is 0 Å². The summed E-state index contributed by atoms with van der Waals surface area (Å²) < 4.78 is 11.8. The number of rotatable bonds is 5. The minimum Gasteiger partial charge on any atom is -0.492 e. The Morgan fingerprint density at radius 1 is 1.14 bits per heavy atom. The van der Waals surface area contributed by atoms with E-state index < -0.39 is 5.76 Å². The van der Waals surface area contributed by atoms with E-state index in [4.69, 9.17) is 20.9 Å². The molecule has 0 bridgehead atoms. The maximum atomic E-state index is 11.8. The van der Waals surface area contributed by atoms with E-state index in [1.807, 2.05) is 30.3 Å². The molecule has 3 aromatic rings. The molecule has 0 amide bonds. The van der Waals surface area contributed by atoms with Gasteiger partial charge in [-0.25, -0.2) is 4.79 Å². The molecule has 0 aliphatic rings. The molecule has 3 rings (SSSR count). The van der Waals surface area contributed by atoms with Crippen molar-refractivity contribution in [2.24, 2.45) is 0 Å². The van der Waals surface area contributed by atoms with E-state index >= 15 is 0 Å². The highest BCUT2D eigenvalue weighted by atomic mass is 35.5. The second kappa shape index (κ2) is 6.49. The van der Waals surface area contributed by atoms with Gasteiger partial charge in [-0.3, -0.25) is 9.09 Å². The van der Waals surface area contributed by atoms with Gasteiger partial charge in [0.15, 0.2) is 5.82 Å². The van der Waals surface area contributed by atoms with Crippen LogP contribution in [0.1, 0.15) is 0 Å². The Labute approximate surface area is 131 Å². The molecule has 22 heavy (non-hydrogen) atoms. The summed E-state index contributed by atoms with van der Waals surface area (Å²) in [4.78, 5) is 11.8. The topological polar surface area (TPSA) is 57.3 Å². The fourth-order valence-corrected chi connectivity index (χ4v) is 2.25. The molecule has 6 heteroatoms. The molecular formula is C16H13ClN2O3. The Morgan fingerprint density at radius 3 is 2.73 bits per heavy atom. The first-order valence-electron chi connectivity index (χ1n) is 6.74. The largest absolute Gasteiger partial charge is 0.492 e. The molecule has 0 saturated heterocycles. The molecule has 0 aliphatic carbocycles. The van der Waals surface area contributed by atoms with Crippen molar-refractivity contribution in [3.63, 3.8) is 0 Å². The van der Waals surface area contributed by atoms with Gasteiger partial charge >= 0.3 is 5.76 Å². The second-order valence-electron chi connectivity index (χ2n) is 4.60. The van der Waals surface area contributed by atoms with Crippen LogP contribution < -0.4 is 10.5 Å². The van der Waals surface area contributed by atoms with Crippen LogP contribution in [0.15, 0.2) is 63.9 Å². The fourth-order valence-electron chi connectivity index (χ4n) is 2.07. The van der Waals surface area contributed by atoms with Gasteiger partial charge in [0.1, 0.15) is 12.4 Å². The predicted molar refractivity (Wildman–Crippen MR) is 83.1 cm³/mol. The molecule has 0 N–H and O–H groups in total. The van der Waals surface area contributed by atoms with E-state index in [0.29, 0.717) is 29.7 Å². The summed E-state index contributed by atoms with van der Waals surface area (Å²) in [7, 11) is 0. The van der Waals surface area contributed by atoms with Gasteiger partial charge in [-0.05, 0) is 18.2 Å². The summed E-state index contributed by atoms with van der Waals surface area (Å²) in [5.74, 6) is 0.632. The molecule has 1 aromatic heterocycles. The third kappa shape index (κ3) is 3.20. The molecule has 5 nitrogen and oxygen atoms in total. The minimum atomic E-state index is -0.506. The van der Waals surface area contributed by atoms with Gasteiger partial charge in [-0.1, -0.05) is 53.2 Å². The molecule has 0 fully saturated rings. The van der Waals surface area contributed by atoms with Gasteiger partial charge in [0, 0.05) is 10.6 Å². The highest BCUT2D eigenvalue weighted by Crippen LogP contribution is 2.18. The minimum absolute atomic E-state index is 0.307. The van der Waals surface area contributed by atoms with Crippen LogP contribution in [0.25, 0.3) is 11.4 Å². The lowest BCUT2D eigenvalue weighted by Gasteiger charge is -2.07. The van der Waals surface area contributed by atoms with Crippen molar-refractivity contribution in [2.45, 2.75) is 6.54 Å². The zero-order chi connectivity index (χ0) is 15.4. The number of aromatic nitrogens is 2. The van der Waals surface area contributed by atoms with E-state index in [0.717, 1.165) is 5.56 Å². The average Bonchev–Trinajstić information content (AvgIpc) is 2.90. The zero-order valence-corrected chi connectivity index (χ0v) is 12.4. The smallest absolute Gasteiger partial charge is 0.441 e. The van der Waals surface area contributed by atoms with E-state index in [-0.39, 0.29) is 0 Å². The van der Waals surface area contributed by atoms with Crippen LogP contribution in [0.3, 0.4) is 0 Å². The van der Waals surface area contributed by atoms with Gasteiger partial charge in [-0.15, -0.1) is 0 Å². The molecule has 0 radical (unpaired) electrons. The number of hydrogen-bond donors (Lipinski definition) is 0. The SMILES string of the molecule is O=c1onc(-c2ccccc2)n1CCOc1cccc(Cl)c1. The second-order valence-corrected chi connectivity index (χ2v) is 5.03. The lowest BCUT2D eigenvalue weighted by atomic mass is 10.2. The van der Waals surface area contributed by atoms with Crippen molar-refractivity contribution in [3.05, 3.63) is 70.2 Å². The lowest BCUT2D eigenvalue weighted by molar-refractivity contribution is 0.290. The van der Waals surface area contributed by atoms with E-state index in [1.165, 1.54) is 4.57 Å². The standard InChI is InChI=1S/C16H13ClN2O3/c17-13-7-4-8-14(11-13)21-10-9-19-15(18-22-16(19)20)12-5-2-1-3-6-12/h1-8,11H,9-10H2. The monoisotopic (exact) mass is 316 g/mol. The van der Waals surface area contributed by atoms with E-state index in [9.17, 15) is 4.79 Å². The number of hydrogen-bond acceptors (Lipinski definition) is 4. The lowest BCUT2D eigenvalue weighted by Crippen LogP contribution is -2.19. The number of ether oxygens (including phenoxy) is 1. The van der Waals surface area contributed by atoms with Crippen molar-refractivity contribution >= 4 is 11.6 Å². The van der Waals surface area contributed by atoms with Crippen LogP contribution >= 0.6 is 11.6 Å². The summed E-state index contributed by atoms with van der Waals surface area (Å²) in [5.41, 5.74) is 0.816. The maximum Gasteiger partial charge on any atom is 0.441 e. The Hall–Kier alpha value is -2.53. The van der Waals surface area contributed by atoms with Crippen molar-refractivity contribution in [2.75, 3.05) is 6.61 Å². The summed E-state index contributed by atoms with van der Waals surface area (Å²) in [6, 6.07) is 16.5. The van der Waals surface area contributed by atoms with Crippen LogP contribution in [0, 0.1) is 0 Å². The van der Waals surface area contributed by atoms with Crippen molar-refractivity contribution in [3.8, 4) is 17.1 Å². The normalized spacial score (nSPS) is 10.6. The van der Waals surface area contributed by atoms with Crippen molar-refractivity contribution < 1.29 is 9.26 Å². The molecule has 0 aliphatic heterocycles. The first-order chi connectivity index (χ1) is 10.7. The third-order valence-electron chi connectivity index (χ3n) is 3.10. The molecule has 112 valence electrons. The Bertz CT molecular complexity index is 812. The van der Waals surface area contributed by atoms with E-state index in [2.05, 4.69) is 5.16 Å². The fraction of sp³-hybridized carbons (Fsp3) is 0.125. The third-order valence-corrected chi connectivity index (χ3v) is 3.33. The molecular weight excluding hydrogens is 304 g/mol. The predicted octanol–water partition coefficient (Wildman–Crippen LogP) is 3.24. The van der Waals surface area contributed by atoms with Crippen LogP contribution in [0.4, 0.5) is 0 Å². The van der Waals surface area contributed by atoms with Crippen molar-refractivity contribution in [1.82, 2.24) is 9.72 Å². The Morgan fingerprint density at radius 2 is 1.95 bits per heavy atom. The number of nitrogens with zero attached hydrogens (tertiary/aromatic N) is 2. The molecule has 1 heterocycles.